The van der Waals surface area contributed by atoms with Crippen LogP contribution < -0.4 is 0 Å². The Morgan fingerprint density at radius 3 is 2.82 bits per heavy atom. The maximum atomic E-state index is 11.6. The Kier molecular flexibility index (Phi) is 4.80. The van der Waals surface area contributed by atoms with Crippen molar-refractivity contribution in [1.82, 2.24) is 4.90 Å². The minimum Gasteiger partial charge on any atom is -0.466 e. The Morgan fingerprint density at radius 2 is 2.12 bits per heavy atom. The highest BCUT2D eigenvalue weighted by molar-refractivity contribution is 5.69. The van der Waals surface area contributed by atoms with Crippen LogP contribution in [0.4, 0.5) is 0 Å². The Labute approximate surface area is 103 Å². The summed E-state index contributed by atoms with van der Waals surface area (Å²) in [5.41, 5.74) is 0. The van der Waals surface area contributed by atoms with E-state index in [9.17, 15) is 4.79 Å². The zero-order valence-electron chi connectivity index (χ0n) is 10.7. The predicted octanol–water partition coefficient (Wildman–Crippen LogP) is 1.44. The van der Waals surface area contributed by atoms with Gasteiger partial charge in [0, 0.05) is 25.6 Å². The number of hydrogen-bond acceptors (Lipinski definition) is 4. The molecule has 17 heavy (non-hydrogen) atoms. The third-order valence-electron chi connectivity index (χ3n) is 3.87. The summed E-state index contributed by atoms with van der Waals surface area (Å²) in [6.07, 6.45) is 4.23. The van der Waals surface area contributed by atoms with Gasteiger partial charge in [-0.15, -0.1) is 0 Å². The van der Waals surface area contributed by atoms with Gasteiger partial charge in [-0.3, -0.25) is 9.69 Å². The molecule has 1 aliphatic carbocycles. The van der Waals surface area contributed by atoms with Crippen molar-refractivity contribution in [1.29, 1.82) is 0 Å². The molecule has 4 nitrogen and oxygen atoms in total. The van der Waals surface area contributed by atoms with Crippen LogP contribution in [-0.2, 0) is 14.3 Å². The Morgan fingerprint density at radius 1 is 1.35 bits per heavy atom. The smallest absolute Gasteiger partial charge is 0.306 e. The van der Waals surface area contributed by atoms with Crippen LogP contribution in [0.2, 0.25) is 0 Å². The molecule has 2 rings (SSSR count). The van der Waals surface area contributed by atoms with Crippen molar-refractivity contribution >= 4 is 5.97 Å². The van der Waals surface area contributed by atoms with Gasteiger partial charge in [-0.25, -0.2) is 0 Å². The highest BCUT2D eigenvalue weighted by Crippen LogP contribution is 2.33. The summed E-state index contributed by atoms with van der Waals surface area (Å²) in [6.45, 7) is 6.07. The largest absolute Gasteiger partial charge is 0.466 e. The zero-order valence-corrected chi connectivity index (χ0v) is 10.7. The highest BCUT2D eigenvalue weighted by Gasteiger charge is 2.34. The normalized spacial score (nSPS) is 30.4. The van der Waals surface area contributed by atoms with Gasteiger partial charge in [-0.2, -0.15) is 0 Å². The van der Waals surface area contributed by atoms with Crippen molar-refractivity contribution in [3.05, 3.63) is 0 Å². The second kappa shape index (κ2) is 6.36. The molecular formula is C13H23NO3. The van der Waals surface area contributed by atoms with Gasteiger partial charge < -0.3 is 9.47 Å². The van der Waals surface area contributed by atoms with Crippen molar-refractivity contribution < 1.29 is 14.3 Å². The predicted molar refractivity (Wildman–Crippen MR) is 64.8 cm³/mol. The molecule has 2 aliphatic rings. The van der Waals surface area contributed by atoms with E-state index in [0.29, 0.717) is 25.0 Å². The maximum absolute atomic E-state index is 11.6. The van der Waals surface area contributed by atoms with E-state index in [1.54, 1.807) is 0 Å². The molecule has 4 heteroatoms. The summed E-state index contributed by atoms with van der Waals surface area (Å²) in [4.78, 5) is 14.1. The van der Waals surface area contributed by atoms with Gasteiger partial charge in [-0.1, -0.05) is 6.42 Å². The van der Waals surface area contributed by atoms with Crippen LogP contribution in [0.3, 0.4) is 0 Å². The van der Waals surface area contributed by atoms with Crippen molar-refractivity contribution in [2.24, 2.45) is 5.92 Å². The molecule has 0 N–H and O–H groups in total. The van der Waals surface area contributed by atoms with Gasteiger partial charge in [0.2, 0.25) is 0 Å². The Bertz CT molecular complexity index is 251. The quantitative estimate of drug-likeness (QED) is 0.698. The monoisotopic (exact) mass is 241 g/mol. The van der Waals surface area contributed by atoms with Crippen molar-refractivity contribution in [3.8, 4) is 0 Å². The van der Waals surface area contributed by atoms with Gasteiger partial charge in [0.1, 0.15) is 0 Å². The van der Waals surface area contributed by atoms with Gasteiger partial charge in [0.15, 0.2) is 0 Å². The van der Waals surface area contributed by atoms with Crippen LogP contribution in [0.15, 0.2) is 0 Å². The highest BCUT2D eigenvalue weighted by atomic mass is 16.5. The van der Waals surface area contributed by atoms with Gasteiger partial charge >= 0.3 is 5.97 Å². The third kappa shape index (κ3) is 3.42. The lowest BCUT2D eigenvalue weighted by molar-refractivity contribution is -0.144. The lowest BCUT2D eigenvalue weighted by Gasteiger charge is -2.35. The van der Waals surface area contributed by atoms with E-state index in [2.05, 4.69) is 4.90 Å². The second-order valence-electron chi connectivity index (χ2n) is 4.92. The van der Waals surface area contributed by atoms with E-state index in [1.165, 1.54) is 19.3 Å². The van der Waals surface area contributed by atoms with Gasteiger partial charge in [0.05, 0.1) is 19.8 Å². The molecule has 0 aromatic heterocycles. The number of esters is 1. The molecule has 0 bridgehead atoms. The van der Waals surface area contributed by atoms with Gasteiger partial charge in [-0.05, 0) is 25.7 Å². The number of ether oxygens (including phenoxy) is 2. The fourth-order valence-corrected chi connectivity index (χ4v) is 3.08. The molecule has 2 fully saturated rings. The number of carbonyl (C=O) groups is 1. The Balaban J connectivity index is 1.85. The molecule has 0 amide bonds. The zero-order chi connectivity index (χ0) is 12.1. The lowest BCUT2D eigenvalue weighted by atomic mass is 9.98. The molecule has 0 unspecified atom stereocenters. The second-order valence-corrected chi connectivity index (χ2v) is 4.92. The van der Waals surface area contributed by atoms with Gasteiger partial charge in [0.25, 0.3) is 0 Å². The average molecular weight is 241 g/mol. The molecule has 1 saturated heterocycles. The van der Waals surface area contributed by atoms with Crippen LogP contribution in [0.1, 0.15) is 32.6 Å². The minimum absolute atomic E-state index is 0.0299. The van der Waals surface area contributed by atoms with E-state index in [0.717, 1.165) is 26.3 Å². The Hall–Kier alpha value is -0.610. The number of carbonyl (C=O) groups excluding carboxylic acids is 1. The third-order valence-corrected chi connectivity index (χ3v) is 3.87. The number of hydrogen-bond donors (Lipinski definition) is 0. The summed E-state index contributed by atoms with van der Waals surface area (Å²) >= 11 is 0. The fraction of sp³-hybridized carbons (Fsp3) is 0.923. The summed E-state index contributed by atoms with van der Waals surface area (Å²) in [5, 5.41) is 0. The molecule has 1 aliphatic heterocycles. The van der Waals surface area contributed by atoms with E-state index < -0.39 is 0 Å². The lowest BCUT2D eigenvalue weighted by Crippen LogP contribution is -2.45. The summed E-state index contributed by atoms with van der Waals surface area (Å²) in [7, 11) is 0. The van der Waals surface area contributed by atoms with Crippen molar-refractivity contribution in [3.63, 3.8) is 0 Å². The first-order chi connectivity index (χ1) is 8.31. The molecule has 1 heterocycles. The first kappa shape index (κ1) is 12.8. The maximum Gasteiger partial charge on any atom is 0.306 e. The van der Waals surface area contributed by atoms with Crippen LogP contribution >= 0.6 is 0 Å². The van der Waals surface area contributed by atoms with Crippen LogP contribution in [0.5, 0.6) is 0 Å². The molecule has 98 valence electrons. The topological polar surface area (TPSA) is 38.8 Å². The first-order valence-electron chi connectivity index (χ1n) is 6.78. The molecule has 0 spiro atoms. The first-order valence-corrected chi connectivity index (χ1v) is 6.78. The number of morpholine rings is 1. The SMILES string of the molecule is CCOC(=O)C[C@@H]1CCC[C@@H]1N1CCOCC1. The molecular weight excluding hydrogens is 218 g/mol. The fourth-order valence-electron chi connectivity index (χ4n) is 3.08. The molecule has 1 saturated carbocycles. The average Bonchev–Trinajstić information content (AvgIpc) is 2.78. The van der Waals surface area contributed by atoms with Crippen molar-refractivity contribution in [2.45, 2.75) is 38.6 Å². The standard InChI is InChI=1S/C13H23NO3/c1-2-17-13(15)10-11-4-3-5-12(11)14-6-8-16-9-7-14/h11-12H,2-10H2,1H3/t11-,12-/m0/s1. The van der Waals surface area contributed by atoms with E-state index in [1.807, 2.05) is 6.92 Å². The summed E-state index contributed by atoms with van der Waals surface area (Å²) in [5.74, 6) is 0.463. The van der Waals surface area contributed by atoms with E-state index >= 15 is 0 Å². The van der Waals surface area contributed by atoms with Crippen molar-refractivity contribution in [2.75, 3.05) is 32.9 Å². The summed E-state index contributed by atoms with van der Waals surface area (Å²) in [6, 6.07) is 0.573. The van der Waals surface area contributed by atoms with Crippen LogP contribution in [0, 0.1) is 5.92 Å². The molecule has 0 aromatic rings. The molecule has 2 atom stereocenters. The molecule has 0 radical (unpaired) electrons. The number of rotatable bonds is 4. The number of nitrogens with zero attached hydrogens (tertiary/aromatic N) is 1. The van der Waals surface area contributed by atoms with E-state index in [-0.39, 0.29) is 5.97 Å². The van der Waals surface area contributed by atoms with E-state index in [4.69, 9.17) is 9.47 Å². The van der Waals surface area contributed by atoms with Crippen LogP contribution in [0.25, 0.3) is 0 Å². The van der Waals surface area contributed by atoms with Crippen LogP contribution in [-0.4, -0.2) is 49.8 Å². The summed E-state index contributed by atoms with van der Waals surface area (Å²) < 4.78 is 10.4. The minimum atomic E-state index is -0.0299. The molecule has 0 aromatic carbocycles.